The number of benzene rings is 1. The summed E-state index contributed by atoms with van der Waals surface area (Å²) in [5.74, 6) is -0.919. The van der Waals surface area contributed by atoms with E-state index >= 15 is 0 Å². The maximum absolute atomic E-state index is 10.7. The number of aliphatic carboxylic acids is 1. The van der Waals surface area contributed by atoms with Crippen LogP contribution in [0, 0.1) is 13.8 Å². The van der Waals surface area contributed by atoms with Gasteiger partial charge in [-0.3, -0.25) is 0 Å². The lowest BCUT2D eigenvalue weighted by atomic mass is 10.1. The van der Waals surface area contributed by atoms with Gasteiger partial charge in [-0.2, -0.15) is 0 Å². The molecule has 0 spiro atoms. The number of hydrogen-bond donors (Lipinski definition) is 1. The molecule has 2 rings (SSSR count). The van der Waals surface area contributed by atoms with Gasteiger partial charge in [0.25, 0.3) is 0 Å². The number of nitrogens with zero attached hydrogens (tertiary/aromatic N) is 1. The fourth-order valence-corrected chi connectivity index (χ4v) is 2.25. The zero-order valence-electron chi connectivity index (χ0n) is 11.3. The van der Waals surface area contributed by atoms with Gasteiger partial charge < -0.3 is 9.67 Å². The Bertz CT molecular complexity index is 630. The highest BCUT2D eigenvalue weighted by molar-refractivity contribution is 5.89. The van der Waals surface area contributed by atoms with E-state index in [1.807, 2.05) is 29.1 Å². The smallest absolute Gasteiger partial charge is 0.328 e. The predicted molar refractivity (Wildman–Crippen MR) is 76.5 cm³/mol. The standard InChI is InChI=1S/C16H17NO2/c1-11-5-4-6-12(2)16(11)17-8-7-14(10-17)13(3)9-15(18)19/h4-10H,1-3H3,(H,18,19)/b13-9-. The van der Waals surface area contributed by atoms with Crippen LogP contribution in [0.25, 0.3) is 11.3 Å². The van der Waals surface area contributed by atoms with E-state index < -0.39 is 5.97 Å². The summed E-state index contributed by atoms with van der Waals surface area (Å²) in [6.45, 7) is 5.95. The van der Waals surface area contributed by atoms with Crippen molar-refractivity contribution in [1.82, 2.24) is 4.57 Å². The SMILES string of the molecule is C/C(=C/C(=O)O)c1ccn(-c2c(C)cccc2C)c1. The minimum absolute atomic E-state index is 0.748. The second-order valence-corrected chi connectivity index (χ2v) is 4.71. The Morgan fingerprint density at radius 3 is 2.42 bits per heavy atom. The number of allylic oxidation sites excluding steroid dienone is 1. The first-order valence-electron chi connectivity index (χ1n) is 6.15. The van der Waals surface area contributed by atoms with Gasteiger partial charge in [0.15, 0.2) is 0 Å². The van der Waals surface area contributed by atoms with Gasteiger partial charge in [0, 0.05) is 18.5 Å². The normalized spacial score (nSPS) is 11.6. The molecule has 2 aromatic rings. The van der Waals surface area contributed by atoms with Crippen LogP contribution in [0.1, 0.15) is 23.6 Å². The van der Waals surface area contributed by atoms with Crippen LogP contribution in [-0.4, -0.2) is 15.6 Å². The molecular formula is C16H17NO2. The molecule has 0 unspecified atom stereocenters. The molecule has 0 bridgehead atoms. The van der Waals surface area contributed by atoms with Crippen molar-refractivity contribution in [3.05, 3.63) is 59.4 Å². The first-order chi connectivity index (χ1) is 8.99. The predicted octanol–water partition coefficient (Wildman–Crippen LogP) is 3.58. The molecule has 0 atom stereocenters. The second-order valence-electron chi connectivity index (χ2n) is 4.71. The molecule has 1 heterocycles. The summed E-state index contributed by atoms with van der Waals surface area (Å²) in [6.07, 6.45) is 5.15. The van der Waals surface area contributed by atoms with E-state index in [0.29, 0.717) is 0 Å². The summed E-state index contributed by atoms with van der Waals surface area (Å²) in [5.41, 5.74) is 5.21. The molecule has 1 N–H and O–H groups in total. The van der Waals surface area contributed by atoms with Crippen molar-refractivity contribution in [2.24, 2.45) is 0 Å². The van der Waals surface area contributed by atoms with Crippen LogP contribution < -0.4 is 0 Å². The third kappa shape index (κ3) is 2.76. The molecule has 0 amide bonds. The Balaban J connectivity index is 2.45. The van der Waals surface area contributed by atoms with Crippen LogP contribution >= 0.6 is 0 Å². The van der Waals surface area contributed by atoms with Gasteiger partial charge in [0.05, 0.1) is 5.69 Å². The molecule has 0 fully saturated rings. The molecule has 19 heavy (non-hydrogen) atoms. The van der Waals surface area contributed by atoms with Gasteiger partial charge in [-0.15, -0.1) is 0 Å². The molecule has 1 aromatic carbocycles. The monoisotopic (exact) mass is 255 g/mol. The van der Waals surface area contributed by atoms with Crippen LogP contribution in [0.5, 0.6) is 0 Å². The molecular weight excluding hydrogens is 238 g/mol. The topological polar surface area (TPSA) is 42.2 Å². The van der Waals surface area contributed by atoms with E-state index in [0.717, 1.165) is 16.8 Å². The molecule has 98 valence electrons. The molecule has 0 aliphatic carbocycles. The summed E-state index contributed by atoms with van der Waals surface area (Å²) < 4.78 is 2.04. The Hall–Kier alpha value is -2.29. The summed E-state index contributed by atoms with van der Waals surface area (Å²) in [7, 11) is 0. The lowest BCUT2D eigenvalue weighted by Crippen LogP contribution is -1.97. The Morgan fingerprint density at radius 2 is 1.84 bits per heavy atom. The van der Waals surface area contributed by atoms with Crippen LogP contribution in [0.4, 0.5) is 0 Å². The van der Waals surface area contributed by atoms with Crippen molar-refractivity contribution in [3.8, 4) is 5.69 Å². The maximum Gasteiger partial charge on any atom is 0.328 e. The number of aryl methyl sites for hydroxylation is 2. The zero-order valence-corrected chi connectivity index (χ0v) is 11.3. The van der Waals surface area contributed by atoms with E-state index in [-0.39, 0.29) is 0 Å². The molecule has 3 nitrogen and oxygen atoms in total. The number of aromatic nitrogens is 1. The second kappa shape index (κ2) is 5.14. The molecule has 0 aliphatic heterocycles. The highest BCUT2D eigenvalue weighted by atomic mass is 16.4. The van der Waals surface area contributed by atoms with Crippen molar-refractivity contribution in [2.75, 3.05) is 0 Å². The highest BCUT2D eigenvalue weighted by Gasteiger charge is 2.06. The van der Waals surface area contributed by atoms with Crippen molar-refractivity contribution < 1.29 is 9.90 Å². The summed E-state index contributed by atoms with van der Waals surface area (Å²) in [4.78, 5) is 10.7. The Labute approximate surface area is 112 Å². The third-order valence-electron chi connectivity index (χ3n) is 3.19. The molecule has 0 aliphatic rings. The van der Waals surface area contributed by atoms with Crippen molar-refractivity contribution in [3.63, 3.8) is 0 Å². The quantitative estimate of drug-likeness (QED) is 0.852. The van der Waals surface area contributed by atoms with E-state index in [2.05, 4.69) is 26.0 Å². The zero-order chi connectivity index (χ0) is 14.0. The summed E-state index contributed by atoms with van der Waals surface area (Å²) in [6, 6.07) is 8.11. The van der Waals surface area contributed by atoms with Crippen molar-refractivity contribution >= 4 is 11.5 Å². The maximum atomic E-state index is 10.7. The average molecular weight is 255 g/mol. The highest BCUT2D eigenvalue weighted by Crippen LogP contribution is 2.22. The molecule has 0 radical (unpaired) electrons. The molecule has 1 aromatic heterocycles. The first kappa shape index (κ1) is 13.1. The summed E-state index contributed by atoms with van der Waals surface area (Å²) in [5, 5.41) is 8.77. The van der Waals surface area contributed by atoms with Gasteiger partial charge in [0.1, 0.15) is 0 Å². The lowest BCUT2D eigenvalue weighted by Gasteiger charge is -2.10. The first-order valence-corrected chi connectivity index (χ1v) is 6.15. The van der Waals surface area contributed by atoms with Gasteiger partial charge in [-0.25, -0.2) is 4.79 Å². The third-order valence-corrected chi connectivity index (χ3v) is 3.19. The van der Waals surface area contributed by atoms with Crippen LogP contribution in [0.2, 0.25) is 0 Å². The fraction of sp³-hybridized carbons (Fsp3) is 0.188. The van der Waals surface area contributed by atoms with Gasteiger partial charge in [-0.1, -0.05) is 18.2 Å². The van der Waals surface area contributed by atoms with E-state index in [4.69, 9.17) is 5.11 Å². The minimum Gasteiger partial charge on any atom is -0.478 e. The van der Waals surface area contributed by atoms with Crippen LogP contribution in [0.3, 0.4) is 0 Å². The molecule has 0 saturated heterocycles. The van der Waals surface area contributed by atoms with Crippen LogP contribution in [-0.2, 0) is 4.79 Å². The number of para-hydroxylation sites is 1. The Kier molecular flexibility index (Phi) is 3.56. The largest absolute Gasteiger partial charge is 0.478 e. The van der Waals surface area contributed by atoms with Crippen molar-refractivity contribution in [2.45, 2.75) is 20.8 Å². The molecule has 0 saturated carbocycles. The number of carboxylic acid groups (broad SMARTS) is 1. The van der Waals surface area contributed by atoms with Crippen LogP contribution in [0.15, 0.2) is 42.7 Å². The number of carbonyl (C=O) groups is 1. The van der Waals surface area contributed by atoms with E-state index in [1.54, 1.807) is 6.92 Å². The average Bonchev–Trinajstić information content (AvgIpc) is 2.77. The number of carboxylic acids is 1. The van der Waals surface area contributed by atoms with Gasteiger partial charge >= 0.3 is 5.97 Å². The number of rotatable bonds is 3. The van der Waals surface area contributed by atoms with E-state index in [1.165, 1.54) is 17.2 Å². The lowest BCUT2D eigenvalue weighted by molar-refractivity contribution is -0.131. The van der Waals surface area contributed by atoms with Gasteiger partial charge in [-0.05, 0) is 49.1 Å². The summed E-state index contributed by atoms with van der Waals surface area (Å²) >= 11 is 0. The Morgan fingerprint density at radius 1 is 1.21 bits per heavy atom. The minimum atomic E-state index is -0.919. The van der Waals surface area contributed by atoms with E-state index in [9.17, 15) is 4.79 Å². The molecule has 3 heteroatoms. The number of hydrogen-bond acceptors (Lipinski definition) is 1. The fourth-order valence-electron chi connectivity index (χ4n) is 2.25. The van der Waals surface area contributed by atoms with Crippen molar-refractivity contribution in [1.29, 1.82) is 0 Å². The van der Waals surface area contributed by atoms with Gasteiger partial charge in [0.2, 0.25) is 0 Å².